The number of benzene rings is 1. The summed E-state index contributed by atoms with van der Waals surface area (Å²) in [6, 6.07) is 6.45. The smallest absolute Gasteiger partial charge is 0.361 e. The predicted molar refractivity (Wildman–Crippen MR) is 82.8 cm³/mol. The zero-order chi connectivity index (χ0) is 17.7. The highest BCUT2D eigenvalue weighted by Gasteiger charge is 2.27. The van der Waals surface area contributed by atoms with E-state index in [-0.39, 0.29) is 17.9 Å². The molecular formula is C14H13ClN4O5. The van der Waals surface area contributed by atoms with E-state index in [1.165, 1.54) is 0 Å². The molecule has 0 saturated carbocycles. The number of carbonyl (C=O) groups excluding carboxylic acids is 3. The Morgan fingerprint density at radius 2 is 1.75 bits per heavy atom. The van der Waals surface area contributed by atoms with Crippen molar-refractivity contribution in [1.82, 2.24) is 15.0 Å². The Bertz CT molecular complexity index is 772. The Hall–Kier alpha value is -2.94. The molecule has 126 valence electrons. The second-order valence-electron chi connectivity index (χ2n) is 4.48. The van der Waals surface area contributed by atoms with Crippen LogP contribution in [0, 0.1) is 0 Å². The number of esters is 2. The maximum absolute atomic E-state index is 12.1. The van der Waals surface area contributed by atoms with Crippen LogP contribution in [-0.4, -0.2) is 47.1 Å². The highest BCUT2D eigenvalue weighted by molar-refractivity contribution is 6.30. The van der Waals surface area contributed by atoms with Crippen molar-refractivity contribution in [2.45, 2.75) is 6.54 Å². The van der Waals surface area contributed by atoms with Gasteiger partial charge in [0.1, 0.15) is 6.54 Å². The molecule has 0 bridgehead atoms. The van der Waals surface area contributed by atoms with E-state index < -0.39 is 17.8 Å². The van der Waals surface area contributed by atoms with Crippen LogP contribution in [-0.2, 0) is 20.8 Å². The average molecular weight is 353 g/mol. The van der Waals surface area contributed by atoms with E-state index in [0.717, 1.165) is 18.9 Å². The number of hydrogen-bond acceptors (Lipinski definition) is 7. The molecule has 2 rings (SSSR count). The number of methoxy groups -OCH3 is 2. The van der Waals surface area contributed by atoms with Crippen molar-refractivity contribution in [3.63, 3.8) is 0 Å². The van der Waals surface area contributed by atoms with Gasteiger partial charge >= 0.3 is 11.9 Å². The van der Waals surface area contributed by atoms with Crippen molar-refractivity contribution in [1.29, 1.82) is 0 Å². The number of ether oxygens (including phenoxy) is 2. The molecule has 2 aromatic rings. The van der Waals surface area contributed by atoms with Crippen molar-refractivity contribution in [3.8, 4) is 0 Å². The third kappa shape index (κ3) is 3.87. The van der Waals surface area contributed by atoms with E-state index >= 15 is 0 Å². The number of anilines is 1. The van der Waals surface area contributed by atoms with Crippen LogP contribution in [0.4, 0.5) is 5.69 Å². The summed E-state index contributed by atoms with van der Waals surface area (Å²) in [6.07, 6.45) is 0. The van der Waals surface area contributed by atoms with E-state index in [1.807, 2.05) is 0 Å². The topological polar surface area (TPSA) is 112 Å². The van der Waals surface area contributed by atoms with Crippen molar-refractivity contribution in [2.75, 3.05) is 19.5 Å². The van der Waals surface area contributed by atoms with E-state index in [4.69, 9.17) is 11.6 Å². The summed E-state index contributed by atoms with van der Waals surface area (Å²) in [5.74, 6) is -2.21. The third-order valence-electron chi connectivity index (χ3n) is 2.91. The molecule has 0 atom stereocenters. The first-order valence-electron chi connectivity index (χ1n) is 6.61. The number of nitrogens with one attached hydrogen (secondary N) is 1. The number of nitrogens with zero attached hydrogens (tertiary/aromatic N) is 3. The maximum Gasteiger partial charge on any atom is 0.361 e. The fourth-order valence-corrected chi connectivity index (χ4v) is 1.95. The number of hydrogen-bond donors (Lipinski definition) is 1. The summed E-state index contributed by atoms with van der Waals surface area (Å²) >= 11 is 5.77. The summed E-state index contributed by atoms with van der Waals surface area (Å²) in [6.45, 7) is -0.350. The molecule has 0 aliphatic heterocycles. The number of amides is 1. The summed E-state index contributed by atoms with van der Waals surface area (Å²) in [5.41, 5.74) is -0.0865. The first kappa shape index (κ1) is 17.4. The molecule has 0 aliphatic rings. The normalized spacial score (nSPS) is 10.1. The molecule has 9 nitrogen and oxygen atoms in total. The maximum atomic E-state index is 12.1. The van der Waals surface area contributed by atoms with Gasteiger partial charge in [0, 0.05) is 10.7 Å². The van der Waals surface area contributed by atoms with Crippen molar-refractivity contribution in [2.24, 2.45) is 0 Å². The third-order valence-corrected chi connectivity index (χ3v) is 3.17. The molecule has 10 heteroatoms. The van der Waals surface area contributed by atoms with Gasteiger partial charge in [-0.25, -0.2) is 14.3 Å². The highest BCUT2D eigenvalue weighted by atomic mass is 35.5. The zero-order valence-electron chi connectivity index (χ0n) is 12.8. The molecule has 0 aliphatic carbocycles. The van der Waals surface area contributed by atoms with E-state index in [9.17, 15) is 14.4 Å². The van der Waals surface area contributed by atoms with Crippen molar-refractivity contribution < 1.29 is 23.9 Å². The van der Waals surface area contributed by atoms with Crippen LogP contribution in [0.2, 0.25) is 5.02 Å². The first-order chi connectivity index (χ1) is 11.5. The summed E-state index contributed by atoms with van der Waals surface area (Å²) < 4.78 is 10.1. The Labute approximate surface area is 141 Å². The lowest BCUT2D eigenvalue weighted by atomic mass is 10.3. The van der Waals surface area contributed by atoms with Crippen LogP contribution < -0.4 is 5.32 Å². The quantitative estimate of drug-likeness (QED) is 0.803. The number of halogens is 1. The minimum atomic E-state index is -0.861. The minimum absolute atomic E-state index is 0.268. The lowest BCUT2D eigenvalue weighted by Gasteiger charge is -2.07. The van der Waals surface area contributed by atoms with Gasteiger partial charge in [-0.3, -0.25) is 4.79 Å². The molecule has 0 unspecified atom stereocenters. The summed E-state index contributed by atoms with van der Waals surface area (Å²) in [5, 5.41) is 10.3. The van der Waals surface area contributed by atoms with Crippen LogP contribution in [0.5, 0.6) is 0 Å². The van der Waals surface area contributed by atoms with Gasteiger partial charge in [-0.1, -0.05) is 16.8 Å². The molecule has 1 N–H and O–H groups in total. The lowest BCUT2D eigenvalue weighted by Crippen LogP contribution is -2.23. The van der Waals surface area contributed by atoms with Crippen molar-refractivity contribution >= 4 is 35.1 Å². The van der Waals surface area contributed by atoms with Crippen LogP contribution in [0.25, 0.3) is 0 Å². The molecule has 24 heavy (non-hydrogen) atoms. The first-order valence-corrected chi connectivity index (χ1v) is 6.99. The highest BCUT2D eigenvalue weighted by Crippen LogP contribution is 2.14. The van der Waals surface area contributed by atoms with Gasteiger partial charge in [0.05, 0.1) is 14.2 Å². The lowest BCUT2D eigenvalue weighted by molar-refractivity contribution is -0.116. The van der Waals surface area contributed by atoms with Crippen LogP contribution >= 0.6 is 11.6 Å². The van der Waals surface area contributed by atoms with Gasteiger partial charge < -0.3 is 14.8 Å². The SMILES string of the molecule is COC(=O)c1nnn(CC(=O)Nc2ccc(Cl)cc2)c1C(=O)OC. The summed E-state index contributed by atoms with van der Waals surface area (Å²) in [4.78, 5) is 35.5. The van der Waals surface area contributed by atoms with Gasteiger partial charge in [-0.15, -0.1) is 5.10 Å². The van der Waals surface area contributed by atoms with Crippen molar-refractivity contribution in [3.05, 3.63) is 40.7 Å². The second-order valence-corrected chi connectivity index (χ2v) is 4.92. The molecular weight excluding hydrogens is 340 g/mol. The zero-order valence-corrected chi connectivity index (χ0v) is 13.5. The Morgan fingerprint density at radius 1 is 1.12 bits per heavy atom. The molecule has 1 amide bonds. The Balaban J connectivity index is 2.20. The molecule has 0 fully saturated rings. The van der Waals surface area contributed by atoms with Gasteiger partial charge in [0.15, 0.2) is 5.69 Å². The number of rotatable bonds is 5. The molecule has 1 aromatic heterocycles. The number of carbonyl (C=O) groups is 3. The molecule has 1 heterocycles. The van der Waals surface area contributed by atoms with E-state index in [1.54, 1.807) is 24.3 Å². The Morgan fingerprint density at radius 3 is 2.33 bits per heavy atom. The van der Waals surface area contributed by atoms with Crippen LogP contribution in [0.3, 0.4) is 0 Å². The standard InChI is InChI=1S/C14H13ClN4O5/c1-23-13(21)11-12(14(22)24-2)19(18-17-11)7-10(20)16-9-5-3-8(15)4-6-9/h3-6H,7H2,1-2H3,(H,16,20). The number of aromatic nitrogens is 3. The molecule has 0 radical (unpaired) electrons. The van der Waals surface area contributed by atoms with Gasteiger partial charge in [0.2, 0.25) is 11.6 Å². The van der Waals surface area contributed by atoms with E-state index in [2.05, 4.69) is 25.1 Å². The van der Waals surface area contributed by atoms with Gasteiger partial charge in [-0.05, 0) is 24.3 Å². The van der Waals surface area contributed by atoms with Crippen LogP contribution in [0.1, 0.15) is 21.0 Å². The molecule has 1 aromatic carbocycles. The Kier molecular flexibility index (Phi) is 5.48. The fourth-order valence-electron chi connectivity index (χ4n) is 1.83. The summed E-state index contributed by atoms with van der Waals surface area (Å²) in [7, 11) is 2.27. The largest absolute Gasteiger partial charge is 0.464 e. The average Bonchev–Trinajstić information content (AvgIpc) is 2.98. The molecule has 0 saturated heterocycles. The van der Waals surface area contributed by atoms with Gasteiger partial charge in [0.25, 0.3) is 0 Å². The minimum Gasteiger partial charge on any atom is -0.464 e. The predicted octanol–water partition coefficient (Wildman–Crippen LogP) is 1.14. The second kappa shape index (κ2) is 7.55. The monoisotopic (exact) mass is 352 g/mol. The van der Waals surface area contributed by atoms with E-state index in [0.29, 0.717) is 10.7 Å². The fraction of sp³-hybridized carbons (Fsp3) is 0.214. The van der Waals surface area contributed by atoms with Gasteiger partial charge in [-0.2, -0.15) is 0 Å². The molecule has 0 spiro atoms. The van der Waals surface area contributed by atoms with Crippen LogP contribution in [0.15, 0.2) is 24.3 Å².